The van der Waals surface area contributed by atoms with Gasteiger partial charge in [-0.25, -0.2) is 13.8 Å². The van der Waals surface area contributed by atoms with Crippen molar-refractivity contribution >= 4 is 46.0 Å². The minimum Gasteiger partial charge on any atom is -0.487 e. The number of carbonyl (C=O) groups is 1. The van der Waals surface area contributed by atoms with E-state index in [-0.39, 0.29) is 49.4 Å². The van der Waals surface area contributed by atoms with Crippen molar-refractivity contribution in [3.05, 3.63) is 79.8 Å². The van der Waals surface area contributed by atoms with Crippen LogP contribution in [0.3, 0.4) is 0 Å². The predicted molar refractivity (Wildman–Crippen MR) is 159 cm³/mol. The van der Waals surface area contributed by atoms with Crippen LogP contribution in [0.4, 0.5) is 8.78 Å². The molecule has 42 heavy (non-hydrogen) atoms. The minimum absolute atomic E-state index is 0.000850. The van der Waals surface area contributed by atoms with E-state index in [4.69, 9.17) is 32.7 Å². The predicted octanol–water partition coefficient (Wildman–Crippen LogP) is 5.77. The Balaban J connectivity index is 1.21. The second-order valence-corrected chi connectivity index (χ2v) is 12.6. The highest BCUT2D eigenvalue weighted by atomic mass is 35.5. The van der Waals surface area contributed by atoms with Crippen LogP contribution < -0.4 is 20.1 Å². The van der Waals surface area contributed by atoms with Crippen molar-refractivity contribution in [2.45, 2.75) is 50.9 Å². The van der Waals surface area contributed by atoms with Gasteiger partial charge in [0.15, 0.2) is 17.4 Å². The summed E-state index contributed by atoms with van der Waals surface area (Å²) in [6, 6.07) is 7.61. The van der Waals surface area contributed by atoms with Crippen LogP contribution in [-0.2, 0) is 11.3 Å². The molecule has 12 heteroatoms. The monoisotopic (exact) mass is 634 g/mol. The SMILES string of the molecule is Cc1cc(Cl)c(OCCOc2ncc(C3=C(C(=O)N(Cc4cccc(F)c4F)C4CC4)C4CNCC(C3)N4)s2)c(Cl)c1. The summed E-state index contributed by atoms with van der Waals surface area (Å²) in [4.78, 5) is 21.2. The molecular formula is C30H30Cl2F2N4O3S. The molecule has 1 saturated carbocycles. The lowest BCUT2D eigenvalue weighted by atomic mass is 9.86. The number of nitrogens with one attached hydrogen (secondary N) is 2. The van der Waals surface area contributed by atoms with Crippen LogP contribution >= 0.6 is 34.5 Å². The van der Waals surface area contributed by atoms with E-state index in [0.29, 0.717) is 39.5 Å². The number of nitrogens with zero attached hydrogens (tertiary/aromatic N) is 2. The van der Waals surface area contributed by atoms with Gasteiger partial charge in [-0.05, 0) is 55.5 Å². The molecule has 2 N–H and O–H groups in total. The van der Waals surface area contributed by atoms with Gasteiger partial charge in [0.05, 0.1) is 21.0 Å². The molecule has 0 radical (unpaired) electrons. The summed E-state index contributed by atoms with van der Waals surface area (Å²) >= 11 is 13.9. The van der Waals surface area contributed by atoms with Gasteiger partial charge in [-0.3, -0.25) is 4.79 Å². The molecule has 222 valence electrons. The topological polar surface area (TPSA) is 75.7 Å². The summed E-state index contributed by atoms with van der Waals surface area (Å²) in [7, 11) is 0. The van der Waals surface area contributed by atoms with E-state index in [2.05, 4.69) is 15.6 Å². The molecule has 2 fully saturated rings. The third-order valence-electron chi connectivity index (χ3n) is 7.63. The first-order valence-electron chi connectivity index (χ1n) is 13.9. The lowest BCUT2D eigenvalue weighted by Crippen LogP contribution is -2.59. The lowest BCUT2D eigenvalue weighted by Gasteiger charge is -2.40. The number of halogens is 4. The van der Waals surface area contributed by atoms with Crippen LogP contribution in [0, 0.1) is 18.6 Å². The molecule has 2 unspecified atom stereocenters. The van der Waals surface area contributed by atoms with Crippen molar-refractivity contribution in [2.75, 3.05) is 26.3 Å². The summed E-state index contributed by atoms with van der Waals surface area (Å²) in [5.74, 6) is -1.57. The summed E-state index contributed by atoms with van der Waals surface area (Å²) in [5, 5.41) is 8.31. The van der Waals surface area contributed by atoms with Gasteiger partial charge in [-0.2, -0.15) is 0 Å². The van der Waals surface area contributed by atoms with Crippen LogP contribution in [-0.4, -0.2) is 60.2 Å². The Morgan fingerprint density at radius 3 is 2.67 bits per heavy atom. The average Bonchev–Trinajstić information content (AvgIpc) is 3.69. The molecule has 3 aliphatic rings. The number of aromatic nitrogens is 1. The highest BCUT2D eigenvalue weighted by Gasteiger charge is 2.41. The number of benzene rings is 2. The van der Waals surface area contributed by atoms with Crippen molar-refractivity contribution < 1.29 is 23.0 Å². The summed E-state index contributed by atoms with van der Waals surface area (Å²) in [6.45, 7) is 3.74. The van der Waals surface area contributed by atoms with Crippen molar-refractivity contribution in [1.29, 1.82) is 0 Å². The Morgan fingerprint density at radius 2 is 1.90 bits per heavy atom. The van der Waals surface area contributed by atoms with E-state index < -0.39 is 11.6 Å². The first kappa shape index (κ1) is 29.3. The maximum absolute atomic E-state index is 14.6. The molecular weight excluding hydrogens is 605 g/mol. The Hall–Kier alpha value is -2.76. The highest BCUT2D eigenvalue weighted by Crippen LogP contribution is 2.39. The van der Waals surface area contributed by atoms with Gasteiger partial charge in [0.25, 0.3) is 11.1 Å². The van der Waals surface area contributed by atoms with E-state index in [1.165, 1.54) is 23.5 Å². The number of amides is 1. The lowest BCUT2D eigenvalue weighted by molar-refractivity contribution is -0.128. The molecule has 1 amide bonds. The number of fused-ring (bicyclic) bond motifs is 2. The smallest absolute Gasteiger partial charge is 0.273 e. The molecule has 2 bridgehead atoms. The summed E-state index contributed by atoms with van der Waals surface area (Å²) in [5.41, 5.74) is 2.67. The maximum atomic E-state index is 14.6. The molecule has 6 rings (SSSR count). The standard InChI is InChI=1S/C30H30Cl2F2N4O3S/c1-16-9-21(31)28(22(32)10-16)40-7-8-41-30-36-14-25(42-30)20-11-18-12-35-13-24(37-18)26(20)29(39)38(19-5-6-19)15-17-3-2-4-23(33)27(17)34/h2-4,9-10,14,18-19,24,35,37H,5-8,11-13,15H2,1H3. The number of aryl methyl sites for hydroxylation is 1. The molecule has 2 atom stereocenters. The van der Waals surface area contributed by atoms with Crippen molar-refractivity contribution in [3.63, 3.8) is 0 Å². The van der Waals surface area contributed by atoms with Crippen molar-refractivity contribution in [2.24, 2.45) is 0 Å². The summed E-state index contributed by atoms with van der Waals surface area (Å²) < 4.78 is 40.2. The van der Waals surface area contributed by atoms with E-state index in [1.807, 2.05) is 6.92 Å². The molecule has 0 spiro atoms. The van der Waals surface area contributed by atoms with Gasteiger partial charge in [0.1, 0.15) is 13.2 Å². The minimum atomic E-state index is -0.915. The second-order valence-electron chi connectivity index (χ2n) is 10.8. The zero-order valence-corrected chi connectivity index (χ0v) is 25.2. The van der Waals surface area contributed by atoms with Gasteiger partial charge in [-0.15, -0.1) is 0 Å². The molecule has 7 nitrogen and oxygen atoms in total. The zero-order chi connectivity index (χ0) is 29.4. The maximum Gasteiger partial charge on any atom is 0.273 e. The molecule has 1 saturated heterocycles. The molecule has 2 aromatic carbocycles. The van der Waals surface area contributed by atoms with Gasteiger partial charge < -0.3 is 25.0 Å². The van der Waals surface area contributed by atoms with Crippen molar-refractivity contribution in [3.8, 4) is 10.9 Å². The molecule has 1 aliphatic carbocycles. The fourth-order valence-corrected chi connectivity index (χ4v) is 7.09. The highest BCUT2D eigenvalue weighted by molar-refractivity contribution is 7.14. The Labute approximate surface area is 256 Å². The quantitative estimate of drug-likeness (QED) is 0.276. The Kier molecular flexibility index (Phi) is 8.70. The number of piperazine rings is 1. The van der Waals surface area contributed by atoms with Gasteiger partial charge in [0, 0.05) is 49.1 Å². The first-order chi connectivity index (χ1) is 20.3. The van der Waals surface area contributed by atoms with Crippen LogP contribution in [0.1, 0.15) is 35.3 Å². The number of hydrogen-bond acceptors (Lipinski definition) is 7. The molecule has 3 aromatic rings. The number of hydrogen-bond donors (Lipinski definition) is 2. The normalized spacial score (nSPS) is 20.0. The number of thiazole rings is 1. The third kappa shape index (κ3) is 6.28. The zero-order valence-electron chi connectivity index (χ0n) is 22.9. The van der Waals surface area contributed by atoms with E-state index in [0.717, 1.165) is 41.5 Å². The van der Waals surface area contributed by atoms with Gasteiger partial charge in [-0.1, -0.05) is 46.7 Å². The second kappa shape index (κ2) is 12.5. The van der Waals surface area contributed by atoms with E-state index in [1.54, 1.807) is 23.2 Å². The van der Waals surface area contributed by atoms with Gasteiger partial charge in [0.2, 0.25) is 0 Å². The number of ether oxygens (including phenoxy) is 2. The molecule has 1 aromatic heterocycles. The Bertz CT molecular complexity index is 1510. The number of carbonyl (C=O) groups excluding carboxylic acids is 1. The van der Waals surface area contributed by atoms with Crippen molar-refractivity contribution in [1.82, 2.24) is 20.5 Å². The summed E-state index contributed by atoms with van der Waals surface area (Å²) in [6.07, 6.45) is 4.04. The third-order valence-corrected chi connectivity index (χ3v) is 9.16. The van der Waals surface area contributed by atoms with E-state index in [9.17, 15) is 13.6 Å². The van der Waals surface area contributed by atoms with Crippen LogP contribution in [0.15, 0.2) is 42.1 Å². The van der Waals surface area contributed by atoms with Crippen LogP contribution in [0.2, 0.25) is 10.0 Å². The largest absolute Gasteiger partial charge is 0.487 e. The van der Waals surface area contributed by atoms with Crippen LogP contribution in [0.25, 0.3) is 5.57 Å². The fourth-order valence-electron chi connectivity index (χ4n) is 5.52. The van der Waals surface area contributed by atoms with Gasteiger partial charge >= 0.3 is 0 Å². The number of rotatable bonds is 10. The Morgan fingerprint density at radius 1 is 1.14 bits per heavy atom. The fraction of sp³-hybridized carbons (Fsp3) is 0.400. The first-order valence-corrected chi connectivity index (χ1v) is 15.5. The average molecular weight is 636 g/mol. The van der Waals surface area contributed by atoms with E-state index >= 15 is 0 Å². The molecule has 2 aliphatic heterocycles. The molecule has 3 heterocycles. The van der Waals surface area contributed by atoms with Crippen LogP contribution in [0.5, 0.6) is 10.9 Å².